The van der Waals surface area contributed by atoms with Crippen molar-refractivity contribution in [3.05, 3.63) is 59.7 Å². The lowest BCUT2D eigenvalue weighted by atomic mass is 10.0. The molecule has 148 valence electrons. The summed E-state index contributed by atoms with van der Waals surface area (Å²) in [5, 5.41) is 2.69. The number of anilines is 1. The van der Waals surface area contributed by atoms with Crippen LogP contribution in [-0.4, -0.2) is 32.7 Å². The molecule has 0 saturated heterocycles. The Kier molecular flexibility index (Phi) is 7.63. The minimum absolute atomic E-state index is 0.371. The molecule has 0 bridgehead atoms. The van der Waals surface area contributed by atoms with E-state index >= 15 is 0 Å². The van der Waals surface area contributed by atoms with E-state index in [4.69, 9.17) is 14.2 Å². The van der Waals surface area contributed by atoms with Crippen LogP contribution in [0.25, 0.3) is 6.08 Å². The first-order chi connectivity index (χ1) is 13.4. The van der Waals surface area contributed by atoms with Gasteiger partial charge in [-0.1, -0.05) is 26.0 Å². The van der Waals surface area contributed by atoms with Gasteiger partial charge in [0, 0.05) is 17.3 Å². The average Bonchev–Trinajstić information content (AvgIpc) is 2.70. The fourth-order valence-electron chi connectivity index (χ4n) is 2.46. The van der Waals surface area contributed by atoms with Gasteiger partial charge >= 0.3 is 5.97 Å². The molecule has 1 N–H and O–H groups in total. The molecule has 0 aromatic heterocycles. The zero-order valence-electron chi connectivity index (χ0n) is 16.5. The minimum Gasteiger partial charge on any atom is -0.497 e. The quantitative estimate of drug-likeness (QED) is 0.550. The maximum atomic E-state index is 11.9. The van der Waals surface area contributed by atoms with Crippen LogP contribution in [0.2, 0.25) is 0 Å². The molecular formula is C22H25NO5. The number of rotatable bonds is 8. The van der Waals surface area contributed by atoms with E-state index in [0.29, 0.717) is 28.7 Å². The summed E-state index contributed by atoms with van der Waals surface area (Å²) in [7, 11) is 3.09. The van der Waals surface area contributed by atoms with E-state index in [2.05, 4.69) is 19.2 Å². The molecule has 0 saturated carbocycles. The van der Waals surface area contributed by atoms with Crippen LogP contribution in [0, 0.1) is 0 Å². The summed E-state index contributed by atoms with van der Waals surface area (Å²) < 4.78 is 15.4. The fraction of sp³-hybridized carbons (Fsp3) is 0.273. The van der Waals surface area contributed by atoms with Gasteiger partial charge in [0.05, 0.1) is 14.2 Å². The van der Waals surface area contributed by atoms with Gasteiger partial charge in [0.25, 0.3) is 5.91 Å². The van der Waals surface area contributed by atoms with E-state index in [1.807, 2.05) is 24.3 Å². The average molecular weight is 383 g/mol. The molecule has 0 aliphatic rings. The molecule has 0 radical (unpaired) electrons. The monoisotopic (exact) mass is 383 g/mol. The van der Waals surface area contributed by atoms with E-state index in [9.17, 15) is 9.59 Å². The Balaban J connectivity index is 1.88. The number of benzene rings is 2. The standard InChI is InChI=1S/C22H25NO5/c1-15(2)16-5-8-18(9-6-16)23-21(24)14-28-22(25)12-7-17-13-19(26-3)10-11-20(17)27-4/h5-13,15H,14H2,1-4H3,(H,23,24)/b12-7+. The van der Waals surface area contributed by atoms with E-state index in [1.165, 1.54) is 18.7 Å². The minimum atomic E-state index is -0.629. The number of methoxy groups -OCH3 is 2. The molecule has 0 spiro atoms. The molecule has 0 heterocycles. The molecule has 0 fully saturated rings. The third kappa shape index (κ3) is 6.16. The third-order valence-electron chi connectivity index (χ3n) is 4.04. The van der Waals surface area contributed by atoms with E-state index < -0.39 is 11.9 Å². The molecule has 0 aliphatic heterocycles. The molecule has 2 aromatic rings. The predicted octanol–water partition coefficient (Wildman–Crippen LogP) is 4.02. The maximum absolute atomic E-state index is 11.9. The van der Waals surface area contributed by atoms with E-state index in [1.54, 1.807) is 31.4 Å². The van der Waals surface area contributed by atoms with Gasteiger partial charge in [-0.25, -0.2) is 4.79 Å². The van der Waals surface area contributed by atoms with E-state index in [-0.39, 0.29) is 6.61 Å². The second-order valence-corrected chi connectivity index (χ2v) is 6.37. The highest BCUT2D eigenvalue weighted by Gasteiger charge is 2.07. The summed E-state index contributed by atoms with van der Waals surface area (Å²) >= 11 is 0. The molecular weight excluding hydrogens is 358 g/mol. The van der Waals surface area contributed by atoms with Gasteiger partial charge < -0.3 is 19.5 Å². The Hall–Kier alpha value is -3.28. The highest BCUT2D eigenvalue weighted by Crippen LogP contribution is 2.25. The van der Waals surface area contributed by atoms with Crippen molar-refractivity contribution in [1.82, 2.24) is 0 Å². The van der Waals surface area contributed by atoms with Crippen LogP contribution in [0.15, 0.2) is 48.5 Å². The Morgan fingerprint density at radius 2 is 1.75 bits per heavy atom. The van der Waals surface area contributed by atoms with Crippen molar-refractivity contribution in [2.75, 3.05) is 26.1 Å². The van der Waals surface area contributed by atoms with Crippen molar-refractivity contribution < 1.29 is 23.8 Å². The summed E-state index contributed by atoms with van der Waals surface area (Å²) in [5.74, 6) is 0.609. The Labute approximate surface area is 165 Å². The highest BCUT2D eigenvalue weighted by molar-refractivity contribution is 5.94. The Bertz CT molecular complexity index is 841. The lowest BCUT2D eigenvalue weighted by Crippen LogP contribution is -2.20. The first-order valence-corrected chi connectivity index (χ1v) is 8.89. The predicted molar refractivity (Wildman–Crippen MR) is 109 cm³/mol. The van der Waals surface area contributed by atoms with Crippen LogP contribution in [0.1, 0.15) is 30.9 Å². The van der Waals surface area contributed by atoms with E-state index in [0.717, 1.165) is 0 Å². The van der Waals surface area contributed by atoms with Crippen molar-refractivity contribution in [3.8, 4) is 11.5 Å². The maximum Gasteiger partial charge on any atom is 0.331 e. The van der Waals surface area contributed by atoms with Crippen molar-refractivity contribution >= 4 is 23.6 Å². The second kappa shape index (κ2) is 10.2. The van der Waals surface area contributed by atoms with Crippen LogP contribution < -0.4 is 14.8 Å². The highest BCUT2D eigenvalue weighted by atomic mass is 16.5. The van der Waals surface area contributed by atoms with Crippen LogP contribution in [0.4, 0.5) is 5.69 Å². The molecule has 2 aromatic carbocycles. The SMILES string of the molecule is COc1ccc(OC)c(/C=C/C(=O)OCC(=O)Nc2ccc(C(C)C)cc2)c1. The number of amides is 1. The Morgan fingerprint density at radius 1 is 1.04 bits per heavy atom. The second-order valence-electron chi connectivity index (χ2n) is 6.37. The first kappa shape index (κ1) is 21.0. The van der Waals surface area contributed by atoms with Crippen LogP contribution in [0.5, 0.6) is 11.5 Å². The lowest BCUT2D eigenvalue weighted by molar-refractivity contribution is -0.142. The zero-order valence-corrected chi connectivity index (χ0v) is 16.5. The summed E-state index contributed by atoms with van der Waals surface area (Å²) in [5.41, 5.74) is 2.50. The molecule has 6 nitrogen and oxygen atoms in total. The molecule has 0 atom stereocenters. The number of esters is 1. The number of hydrogen-bond donors (Lipinski definition) is 1. The van der Waals surface area contributed by atoms with Crippen LogP contribution >= 0.6 is 0 Å². The van der Waals surface area contributed by atoms with Gasteiger partial charge in [-0.3, -0.25) is 4.79 Å². The van der Waals surface area contributed by atoms with Gasteiger partial charge in [0.2, 0.25) is 0 Å². The summed E-state index contributed by atoms with van der Waals surface area (Å²) in [6.07, 6.45) is 2.79. The van der Waals surface area contributed by atoms with Crippen LogP contribution in [0.3, 0.4) is 0 Å². The molecule has 28 heavy (non-hydrogen) atoms. The molecule has 6 heteroatoms. The largest absolute Gasteiger partial charge is 0.497 e. The van der Waals surface area contributed by atoms with Crippen molar-refractivity contribution in [2.45, 2.75) is 19.8 Å². The summed E-state index contributed by atoms with van der Waals surface area (Å²) in [4.78, 5) is 23.8. The van der Waals surface area contributed by atoms with Crippen molar-refractivity contribution in [3.63, 3.8) is 0 Å². The molecule has 0 aliphatic carbocycles. The number of carbonyl (C=O) groups excluding carboxylic acids is 2. The first-order valence-electron chi connectivity index (χ1n) is 8.89. The Morgan fingerprint density at radius 3 is 2.36 bits per heavy atom. The molecule has 0 unspecified atom stereocenters. The van der Waals surface area contributed by atoms with Gasteiger partial charge in [-0.05, 0) is 47.9 Å². The fourth-order valence-corrected chi connectivity index (χ4v) is 2.46. The molecule has 2 rings (SSSR count). The van der Waals surface area contributed by atoms with Crippen molar-refractivity contribution in [2.24, 2.45) is 0 Å². The third-order valence-corrected chi connectivity index (χ3v) is 4.04. The van der Waals surface area contributed by atoms with Gasteiger partial charge in [0.15, 0.2) is 6.61 Å². The molecule has 1 amide bonds. The summed E-state index contributed by atoms with van der Waals surface area (Å²) in [6, 6.07) is 12.8. The number of hydrogen-bond acceptors (Lipinski definition) is 5. The number of ether oxygens (including phenoxy) is 3. The smallest absolute Gasteiger partial charge is 0.331 e. The normalized spacial score (nSPS) is 10.8. The zero-order chi connectivity index (χ0) is 20.5. The van der Waals surface area contributed by atoms with Gasteiger partial charge in [0.1, 0.15) is 11.5 Å². The van der Waals surface area contributed by atoms with Gasteiger partial charge in [-0.15, -0.1) is 0 Å². The summed E-state index contributed by atoms with van der Waals surface area (Å²) in [6.45, 7) is 3.83. The number of carbonyl (C=O) groups is 2. The lowest BCUT2D eigenvalue weighted by Gasteiger charge is -2.08. The van der Waals surface area contributed by atoms with Crippen molar-refractivity contribution in [1.29, 1.82) is 0 Å². The van der Waals surface area contributed by atoms with Gasteiger partial charge in [-0.2, -0.15) is 0 Å². The number of nitrogens with one attached hydrogen (secondary N) is 1. The topological polar surface area (TPSA) is 73.9 Å². The van der Waals surface area contributed by atoms with Crippen LogP contribution in [-0.2, 0) is 14.3 Å².